The summed E-state index contributed by atoms with van der Waals surface area (Å²) in [6.45, 7) is 9.19. The highest BCUT2D eigenvalue weighted by atomic mass is 16.3. The third-order valence-electron chi connectivity index (χ3n) is 3.66. The third kappa shape index (κ3) is 3.13. The Labute approximate surface area is 121 Å². The quantitative estimate of drug-likeness (QED) is 0.840. The Morgan fingerprint density at radius 2 is 1.70 bits per heavy atom. The fourth-order valence-electron chi connectivity index (χ4n) is 2.46. The Hall–Kier alpha value is -1.96. The van der Waals surface area contributed by atoms with Gasteiger partial charge in [0.1, 0.15) is 5.75 Å². The van der Waals surface area contributed by atoms with Crippen LogP contribution in [-0.4, -0.2) is 5.11 Å². The molecule has 0 atom stereocenters. The summed E-state index contributed by atoms with van der Waals surface area (Å²) >= 11 is 0. The average Bonchev–Trinajstić information content (AvgIpc) is 2.39. The summed E-state index contributed by atoms with van der Waals surface area (Å²) in [5, 5.41) is 13.4. The zero-order valence-electron chi connectivity index (χ0n) is 12.7. The van der Waals surface area contributed by atoms with Crippen LogP contribution in [0, 0.1) is 13.8 Å². The van der Waals surface area contributed by atoms with Gasteiger partial charge in [-0.25, -0.2) is 0 Å². The fraction of sp³-hybridized carbons (Fsp3) is 0.333. The first-order valence-corrected chi connectivity index (χ1v) is 7.11. The minimum absolute atomic E-state index is 0.329. The van der Waals surface area contributed by atoms with Crippen LogP contribution in [-0.2, 0) is 6.54 Å². The molecule has 0 amide bonds. The fourth-order valence-corrected chi connectivity index (χ4v) is 2.46. The second-order valence-corrected chi connectivity index (χ2v) is 5.67. The number of aryl methyl sites for hydroxylation is 2. The maximum Gasteiger partial charge on any atom is 0.119 e. The maximum absolute atomic E-state index is 9.86. The summed E-state index contributed by atoms with van der Waals surface area (Å²) in [6.07, 6.45) is 0. The molecule has 0 fully saturated rings. The van der Waals surface area contributed by atoms with Crippen molar-refractivity contribution in [1.82, 2.24) is 0 Å². The Morgan fingerprint density at radius 1 is 1.05 bits per heavy atom. The van der Waals surface area contributed by atoms with E-state index in [-0.39, 0.29) is 0 Å². The zero-order chi connectivity index (χ0) is 14.7. The van der Waals surface area contributed by atoms with Gasteiger partial charge in [-0.05, 0) is 48.1 Å². The lowest BCUT2D eigenvalue weighted by Crippen LogP contribution is -2.03. The number of nitrogens with one attached hydrogen (secondary N) is 1. The highest BCUT2D eigenvalue weighted by Crippen LogP contribution is 2.27. The van der Waals surface area contributed by atoms with Crippen molar-refractivity contribution < 1.29 is 5.11 Å². The molecule has 0 spiro atoms. The Balaban J connectivity index is 2.17. The predicted molar refractivity (Wildman–Crippen MR) is 85.4 cm³/mol. The summed E-state index contributed by atoms with van der Waals surface area (Å²) in [6, 6.07) is 12.2. The molecule has 20 heavy (non-hydrogen) atoms. The van der Waals surface area contributed by atoms with E-state index in [4.69, 9.17) is 0 Å². The van der Waals surface area contributed by atoms with Crippen LogP contribution in [0.5, 0.6) is 5.75 Å². The van der Waals surface area contributed by atoms with Crippen molar-refractivity contribution in [3.05, 3.63) is 58.7 Å². The summed E-state index contributed by atoms with van der Waals surface area (Å²) in [5.74, 6) is 0.714. The minimum atomic E-state index is 0.329. The molecule has 2 nitrogen and oxygen atoms in total. The molecule has 2 heteroatoms. The van der Waals surface area contributed by atoms with Crippen molar-refractivity contribution in [3.63, 3.8) is 0 Å². The monoisotopic (exact) mass is 269 g/mol. The van der Waals surface area contributed by atoms with Crippen molar-refractivity contribution >= 4 is 5.69 Å². The Morgan fingerprint density at radius 3 is 2.30 bits per heavy atom. The van der Waals surface area contributed by atoms with Gasteiger partial charge in [0.25, 0.3) is 0 Å². The topological polar surface area (TPSA) is 32.3 Å². The smallest absolute Gasteiger partial charge is 0.119 e. The molecule has 0 saturated carbocycles. The van der Waals surface area contributed by atoms with E-state index < -0.39 is 0 Å². The second-order valence-electron chi connectivity index (χ2n) is 5.67. The number of hydrogen-bond acceptors (Lipinski definition) is 2. The molecule has 0 aliphatic rings. The van der Waals surface area contributed by atoms with Crippen LogP contribution < -0.4 is 5.32 Å². The second kappa shape index (κ2) is 6.00. The van der Waals surface area contributed by atoms with Crippen LogP contribution in [0.3, 0.4) is 0 Å². The minimum Gasteiger partial charge on any atom is -0.508 e. The SMILES string of the molecule is Cc1cccc(C)c1NCc1ccc(O)c(C(C)C)c1. The number of anilines is 1. The van der Waals surface area contributed by atoms with Gasteiger partial charge in [0, 0.05) is 12.2 Å². The summed E-state index contributed by atoms with van der Waals surface area (Å²) < 4.78 is 0. The first kappa shape index (κ1) is 14.4. The lowest BCUT2D eigenvalue weighted by Gasteiger charge is -2.14. The molecule has 2 N–H and O–H groups in total. The standard InChI is InChI=1S/C18H23NO/c1-12(2)16-10-15(8-9-17(16)20)11-19-18-13(3)6-5-7-14(18)4/h5-10,12,19-20H,11H2,1-4H3. The summed E-state index contributed by atoms with van der Waals surface area (Å²) in [4.78, 5) is 0. The van der Waals surface area contributed by atoms with E-state index in [0.29, 0.717) is 11.7 Å². The Bertz CT molecular complexity index is 582. The molecule has 0 heterocycles. The first-order valence-electron chi connectivity index (χ1n) is 7.11. The Kier molecular flexibility index (Phi) is 4.33. The van der Waals surface area contributed by atoms with E-state index in [1.54, 1.807) is 6.07 Å². The number of benzene rings is 2. The number of phenols is 1. The van der Waals surface area contributed by atoms with Gasteiger partial charge < -0.3 is 10.4 Å². The molecule has 0 radical (unpaired) electrons. The van der Waals surface area contributed by atoms with Gasteiger partial charge in [0.05, 0.1) is 0 Å². The van der Waals surface area contributed by atoms with Crippen molar-refractivity contribution in [3.8, 4) is 5.75 Å². The molecular weight excluding hydrogens is 246 g/mol. The molecule has 0 saturated heterocycles. The van der Waals surface area contributed by atoms with Gasteiger partial charge in [-0.3, -0.25) is 0 Å². The van der Waals surface area contributed by atoms with Crippen molar-refractivity contribution in [2.24, 2.45) is 0 Å². The normalized spacial score (nSPS) is 10.8. The number of hydrogen-bond donors (Lipinski definition) is 2. The van der Waals surface area contributed by atoms with Gasteiger partial charge in [-0.15, -0.1) is 0 Å². The lowest BCUT2D eigenvalue weighted by atomic mass is 9.99. The van der Waals surface area contributed by atoms with Gasteiger partial charge in [-0.2, -0.15) is 0 Å². The van der Waals surface area contributed by atoms with Crippen LogP contribution >= 0.6 is 0 Å². The van der Waals surface area contributed by atoms with Crippen LogP contribution in [0.25, 0.3) is 0 Å². The molecule has 0 aromatic heterocycles. The largest absolute Gasteiger partial charge is 0.508 e. The molecular formula is C18H23NO. The highest BCUT2D eigenvalue weighted by molar-refractivity contribution is 5.57. The molecule has 106 valence electrons. The average molecular weight is 269 g/mol. The predicted octanol–water partition coefficient (Wildman–Crippen LogP) is 4.74. The van der Waals surface area contributed by atoms with Crippen LogP contribution in [0.1, 0.15) is 42.0 Å². The summed E-state index contributed by atoms with van der Waals surface area (Å²) in [5.41, 5.74) is 5.91. The number of phenolic OH excluding ortho intramolecular Hbond substituents is 1. The number of rotatable bonds is 4. The molecule has 0 bridgehead atoms. The van der Waals surface area contributed by atoms with Crippen LogP contribution in [0.4, 0.5) is 5.69 Å². The van der Waals surface area contributed by atoms with E-state index in [0.717, 1.165) is 12.1 Å². The molecule has 2 aromatic rings. The van der Waals surface area contributed by atoms with E-state index in [9.17, 15) is 5.11 Å². The number of aromatic hydroxyl groups is 1. The molecule has 2 aromatic carbocycles. The maximum atomic E-state index is 9.86. The molecule has 2 rings (SSSR count). The molecule has 0 unspecified atom stereocenters. The highest BCUT2D eigenvalue weighted by Gasteiger charge is 2.07. The lowest BCUT2D eigenvalue weighted by molar-refractivity contribution is 0.464. The van der Waals surface area contributed by atoms with Gasteiger partial charge >= 0.3 is 0 Å². The van der Waals surface area contributed by atoms with Crippen LogP contribution in [0.15, 0.2) is 36.4 Å². The van der Waals surface area contributed by atoms with E-state index in [1.807, 2.05) is 6.07 Å². The van der Waals surface area contributed by atoms with Crippen molar-refractivity contribution in [1.29, 1.82) is 0 Å². The summed E-state index contributed by atoms with van der Waals surface area (Å²) in [7, 11) is 0. The van der Waals surface area contributed by atoms with Crippen LogP contribution in [0.2, 0.25) is 0 Å². The van der Waals surface area contributed by atoms with Gasteiger partial charge in [0.2, 0.25) is 0 Å². The van der Waals surface area contributed by atoms with Crippen molar-refractivity contribution in [2.75, 3.05) is 5.32 Å². The van der Waals surface area contributed by atoms with E-state index >= 15 is 0 Å². The van der Waals surface area contributed by atoms with Crippen molar-refractivity contribution in [2.45, 2.75) is 40.2 Å². The third-order valence-corrected chi connectivity index (χ3v) is 3.66. The molecule has 0 aliphatic carbocycles. The zero-order valence-corrected chi connectivity index (χ0v) is 12.7. The van der Waals surface area contributed by atoms with Gasteiger partial charge in [-0.1, -0.05) is 44.2 Å². The molecule has 0 aliphatic heterocycles. The number of para-hydroxylation sites is 1. The van der Waals surface area contributed by atoms with E-state index in [2.05, 4.69) is 57.3 Å². The first-order chi connectivity index (χ1) is 9.49. The van der Waals surface area contributed by atoms with E-state index in [1.165, 1.54) is 22.4 Å². The van der Waals surface area contributed by atoms with Gasteiger partial charge in [0.15, 0.2) is 0 Å².